The highest BCUT2D eigenvalue weighted by Gasteiger charge is 2.26. The Morgan fingerprint density at radius 3 is 2.25 bits per heavy atom. The number of hydrogen-bond donors (Lipinski definition) is 0. The van der Waals surface area contributed by atoms with E-state index in [1.165, 1.54) is 16.4 Å². The topological polar surface area (TPSA) is 37.4 Å². The molecule has 0 atom stereocenters. The summed E-state index contributed by atoms with van der Waals surface area (Å²) >= 11 is 0. The first-order valence-electron chi connectivity index (χ1n) is 8.05. The number of aryl methyl sites for hydroxylation is 1. The summed E-state index contributed by atoms with van der Waals surface area (Å²) in [5.74, 6) is -0.269. The zero-order valence-electron chi connectivity index (χ0n) is 13.6. The Hall–Kier alpha value is -1.98. The summed E-state index contributed by atoms with van der Waals surface area (Å²) in [6.45, 7) is 2.81. The third-order valence-electron chi connectivity index (χ3n) is 4.36. The lowest BCUT2D eigenvalue weighted by atomic mass is 10.0. The van der Waals surface area contributed by atoms with Gasteiger partial charge in [-0.25, -0.2) is 12.8 Å². The van der Waals surface area contributed by atoms with Crippen molar-refractivity contribution in [1.82, 2.24) is 4.31 Å². The van der Waals surface area contributed by atoms with Gasteiger partial charge in [-0.1, -0.05) is 37.3 Å². The minimum absolute atomic E-state index is 0.269. The van der Waals surface area contributed by atoms with Crippen molar-refractivity contribution in [2.24, 2.45) is 0 Å². The van der Waals surface area contributed by atoms with Crippen LogP contribution in [-0.4, -0.2) is 25.8 Å². The molecule has 0 aromatic heterocycles. The second kappa shape index (κ2) is 6.87. The minimum atomic E-state index is -3.47. The maximum Gasteiger partial charge on any atom is 0.243 e. The first-order chi connectivity index (χ1) is 11.5. The number of sulfonamides is 1. The highest BCUT2D eigenvalue weighted by molar-refractivity contribution is 7.89. The minimum Gasteiger partial charge on any atom is -0.207 e. The largest absolute Gasteiger partial charge is 0.243 e. The van der Waals surface area contributed by atoms with Crippen LogP contribution in [0, 0.1) is 5.82 Å². The van der Waals surface area contributed by atoms with E-state index in [0.717, 1.165) is 23.1 Å². The van der Waals surface area contributed by atoms with Gasteiger partial charge in [-0.3, -0.25) is 0 Å². The Bertz CT molecular complexity index is 840. The molecule has 3 nitrogen and oxygen atoms in total. The van der Waals surface area contributed by atoms with E-state index in [0.29, 0.717) is 24.4 Å². The Balaban J connectivity index is 1.78. The number of hydrogen-bond acceptors (Lipinski definition) is 2. The van der Waals surface area contributed by atoms with Gasteiger partial charge in [0.05, 0.1) is 4.90 Å². The van der Waals surface area contributed by atoms with Crippen LogP contribution < -0.4 is 0 Å². The van der Waals surface area contributed by atoms with Crippen LogP contribution >= 0.6 is 0 Å². The van der Waals surface area contributed by atoms with Gasteiger partial charge >= 0.3 is 0 Å². The maximum absolute atomic E-state index is 13.0. The average Bonchev–Trinajstić information content (AvgIpc) is 2.62. The zero-order chi connectivity index (χ0) is 17.2. The van der Waals surface area contributed by atoms with Crippen molar-refractivity contribution in [1.29, 1.82) is 0 Å². The van der Waals surface area contributed by atoms with Crippen LogP contribution in [0.25, 0.3) is 5.57 Å². The average molecular weight is 345 g/mol. The van der Waals surface area contributed by atoms with Crippen molar-refractivity contribution < 1.29 is 12.8 Å². The molecule has 24 heavy (non-hydrogen) atoms. The van der Waals surface area contributed by atoms with Crippen LogP contribution in [0.15, 0.2) is 59.5 Å². The second-order valence-corrected chi connectivity index (χ2v) is 7.78. The fraction of sp³-hybridized carbons (Fsp3) is 0.263. The fourth-order valence-electron chi connectivity index (χ4n) is 2.84. The molecule has 0 saturated heterocycles. The summed E-state index contributed by atoms with van der Waals surface area (Å²) in [5, 5.41) is 0. The SMILES string of the molecule is CCc1ccc(S(=O)(=O)N2CC=C(c3ccc(F)cc3)CC2)cc1. The van der Waals surface area contributed by atoms with Crippen molar-refractivity contribution in [3.63, 3.8) is 0 Å². The van der Waals surface area contributed by atoms with E-state index in [-0.39, 0.29) is 5.82 Å². The molecule has 0 spiro atoms. The van der Waals surface area contributed by atoms with Gasteiger partial charge in [-0.05, 0) is 53.8 Å². The third-order valence-corrected chi connectivity index (χ3v) is 6.24. The van der Waals surface area contributed by atoms with E-state index in [1.807, 2.05) is 25.1 Å². The predicted octanol–water partition coefficient (Wildman–Crippen LogP) is 3.87. The number of benzene rings is 2. The molecule has 0 saturated carbocycles. The highest BCUT2D eigenvalue weighted by Crippen LogP contribution is 2.26. The van der Waals surface area contributed by atoms with Gasteiger partial charge in [-0.2, -0.15) is 4.31 Å². The first-order valence-corrected chi connectivity index (χ1v) is 9.49. The Morgan fingerprint density at radius 2 is 1.71 bits per heavy atom. The molecule has 0 amide bonds. The highest BCUT2D eigenvalue weighted by atomic mass is 32.2. The van der Waals surface area contributed by atoms with E-state index in [2.05, 4.69) is 0 Å². The molecular formula is C19H20FNO2S. The summed E-state index contributed by atoms with van der Waals surface area (Å²) in [4.78, 5) is 0.332. The smallest absolute Gasteiger partial charge is 0.207 e. The molecule has 2 aromatic carbocycles. The van der Waals surface area contributed by atoms with E-state index >= 15 is 0 Å². The summed E-state index contributed by atoms with van der Waals surface area (Å²) < 4.78 is 39.9. The van der Waals surface area contributed by atoms with Crippen molar-refractivity contribution in [2.45, 2.75) is 24.7 Å². The third kappa shape index (κ3) is 3.42. The fourth-order valence-corrected chi connectivity index (χ4v) is 4.22. The number of rotatable bonds is 4. The van der Waals surface area contributed by atoms with Gasteiger partial charge in [0.1, 0.15) is 5.82 Å². The lowest BCUT2D eigenvalue weighted by molar-refractivity contribution is 0.441. The van der Waals surface area contributed by atoms with E-state index < -0.39 is 10.0 Å². The molecule has 0 radical (unpaired) electrons. The van der Waals surface area contributed by atoms with Gasteiger partial charge in [0.15, 0.2) is 0 Å². The predicted molar refractivity (Wildman–Crippen MR) is 93.6 cm³/mol. The molecular weight excluding hydrogens is 325 g/mol. The summed E-state index contributed by atoms with van der Waals surface area (Å²) in [5.41, 5.74) is 3.12. The molecule has 0 aliphatic carbocycles. The van der Waals surface area contributed by atoms with Crippen LogP contribution in [0.4, 0.5) is 4.39 Å². The van der Waals surface area contributed by atoms with Gasteiger partial charge in [-0.15, -0.1) is 0 Å². The molecule has 3 rings (SSSR count). The monoisotopic (exact) mass is 345 g/mol. The van der Waals surface area contributed by atoms with Crippen LogP contribution in [0.3, 0.4) is 0 Å². The molecule has 5 heteroatoms. The molecule has 0 N–H and O–H groups in total. The summed E-state index contributed by atoms with van der Waals surface area (Å²) in [7, 11) is -3.47. The Labute approximate surface area is 142 Å². The van der Waals surface area contributed by atoms with Crippen LogP contribution in [0.1, 0.15) is 24.5 Å². The first kappa shape index (κ1) is 16.9. The zero-order valence-corrected chi connectivity index (χ0v) is 14.4. The molecule has 1 aliphatic heterocycles. The quantitative estimate of drug-likeness (QED) is 0.844. The Kier molecular flexibility index (Phi) is 4.83. The molecule has 1 aliphatic rings. The van der Waals surface area contributed by atoms with Gasteiger partial charge < -0.3 is 0 Å². The number of nitrogens with zero attached hydrogens (tertiary/aromatic N) is 1. The van der Waals surface area contributed by atoms with Crippen LogP contribution in [0.2, 0.25) is 0 Å². The van der Waals surface area contributed by atoms with E-state index in [9.17, 15) is 12.8 Å². The Morgan fingerprint density at radius 1 is 1.04 bits per heavy atom. The lowest BCUT2D eigenvalue weighted by Gasteiger charge is -2.26. The van der Waals surface area contributed by atoms with Crippen LogP contribution in [0.5, 0.6) is 0 Å². The van der Waals surface area contributed by atoms with E-state index in [4.69, 9.17) is 0 Å². The summed E-state index contributed by atoms with van der Waals surface area (Å²) in [6, 6.07) is 13.4. The van der Waals surface area contributed by atoms with Gasteiger partial charge in [0.2, 0.25) is 10.0 Å². The van der Waals surface area contributed by atoms with Gasteiger partial charge in [0.25, 0.3) is 0 Å². The molecule has 1 heterocycles. The van der Waals surface area contributed by atoms with Gasteiger partial charge in [0, 0.05) is 13.1 Å². The van der Waals surface area contributed by atoms with Crippen molar-refractivity contribution >= 4 is 15.6 Å². The number of halogens is 1. The standard InChI is InChI=1S/C19H20FNO2S/c1-2-15-3-9-19(10-4-15)24(22,23)21-13-11-17(12-14-21)16-5-7-18(20)8-6-16/h3-11H,2,12-14H2,1H3. The molecule has 0 unspecified atom stereocenters. The maximum atomic E-state index is 13.0. The second-order valence-electron chi connectivity index (χ2n) is 5.85. The molecule has 2 aromatic rings. The van der Waals surface area contributed by atoms with Crippen molar-refractivity contribution in [2.75, 3.05) is 13.1 Å². The molecule has 0 bridgehead atoms. The van der Waals surface area contributed by atoms with Crippen molar-refractivity contribution in [3.8, 4) is 0 Å². The summed E-state index contributed by atoms with van der Waals surface area (Å²) in [6.07, 6.45) is 3.42. The lowest BCUT2D eigenvalue weighted by Crippen LogP contribution is -2.34. The normalized spacial score (nSPS) is 16.0. The van der Waals surface area contributed by atoms with E-state index in [1.54, 1.807) is 24.3 Å². The van der Waals surface area contributed by atoms with Crippen LogP contribution in [-0.2, 0) is 16.4 Å². The molecule has 126 valence electrons. The van der Waals surface area contributed by atoms with Crippen molar-refractivity contribution in [3.05, 3.63) is 71.6 Å². The molecule has 0 fully saturated rings.